The highest BCUT2D eigenvalue weighted by molar-refractivity contribution is 6.30. The van der Waals surface area contributed by atoms with Crippen LogP contribution in [0.5, 0.6) is 5.75 Å². The fourth-order valence-electron chi connectivity index (χ4n) is 3.01. The molecule has 3 rings (SSSR count). The van der Waals surface area contributed by atoms with Crippen LogP contribution >= 0.6 is 11.6 Å². The summed E-state index contributed by atoms with van der Waals surface area (Å²) in [5, 5.41) is 1.58. The number of halogens is 1. The van der Waals surface area contributed by atoms with Gasteiger partial charge in [0.2, 0.25) is 0 Å². The van der Waals surface area contributed by atoms with Crippen LogP contribution < -0.4 is 4.74 Å². The summed E-state index contributed by atoms with van der Waals surface area (Å²) in [6.07, 6.45) is 0. The van der Waals surface area contributed by atoms with E-state index in [4.69, 9.17) is 16.3 Å². The van der Waals surface area contributed by atoms with Crippen LogP contribution in [-0.2, 0) is 6.54 Å². The number of aromatic nitrogens is 1. The molecule has 1 aromatic heterocycles. The van der Waals surface area contributed by atoms with Crippen LogP contribution in [0.4, 0.5) is 0 Å². The van der Waals surface area contributed by atoms with Gasteiger partial charge in [-0.3, -0.25) is 9.78 Å². The van der Waals surface area contributed by atoms with Gasteiger partial charge in [-0.05, 0) is 50.2 Å². The number of benzene rings is 2. The third kappa shape index (κ3) is 3.65. The van der Waals surface area contributed by atoms with Crippen LogP contribution in [0.1, 0.15) is 27.2 Å². The van der Waals surface area contributed by atoms with E-state index in [9.17, 15) is 4.79 Å². The molecule has 0 bridgehead atoms. The number of fused-ring (bicyclic) bond motifs is 1. The van der Waals surface area contributed by atoms with Crippen LogP contribution in [0.15, 0.2) is 42.5 Å². The lowest BCUT2D eigenvalue weighted by atomic mass is 10.1. The highest BCUT2D eigenvalue weighted by Crippen LogP contribution is 2.25. The Morgan fingerprint density at radius 1 is 1.15 bits per heavy atom. The van der Waals surface area contributed by atoms with Gasteiger partial charge < -0.3 is 9.64 Å². The molecular formula is C21H21ClN2O2. The number of rotatable bonds is 4. The van der Waals surface area contributed by atoms with Gasteiger partial charge in [0.15, 0.2) is 0 Å². The maximum Gasteiger partial charge on any atom is 0.255 e. The zero-order valence-electron chi connectivity index (χ0n) is 15.3. The van der Waals surface area contributed by atoms with Gasteiger partial charge in [-0.2, -0.15) is 0 Å². The Morgan fingerprint density at radius 3 is 2.65 bits per heavy atom. The van der Waals surface area contributed by atoms with Crippen LogP contribution in [0.25, 0.3) is 10.9 Å². The molecule has 1 heterocycles. The maximum absolute atomic E-state index is 13.0. The number of pyridine rings is 1. The van der Waals surface area contributed by atoms with E-state index in [0.29, 0.717) is 22.9 Å². The van der Waals surface area contributed by atoms with Gasteiger partial charge in [-0.1, -0.05) is 23.2 Å². The van der Waals surface area contributed by atoms with E-state index in [2.05, 4.69) is 4.98 Å². The standard InChI is InChI=1S/C21H21ClN2O2/c1-13-5-7-19-15(9-13)11-18(14(2)23-19)21(25)24(3)12-16-10-17(22)6-8-20(16)26-4/h5-11H,12H2,1-4H3. The quantitative estimate of drug-likeness (QED) is 0.665. The smallest absolute Gasteiger partial charge is 0.255 e. The van der Waals surface area contributed by atoms with Crippen molar-refractivity contribution in [2.24, 2.45) is 0 Å². The fourth-order valence-corrected chi connectivity index (χ4v) is 3.21. The topological polar surface area (TPSA) is 42.4 Å². The molecule has 1 amide bonds. The minimum atomic E-state index is -0.0829. The first-order valence-electron chi connectivity index (χ1n) is 8.35. The predicted molar refractivity (Wildman–Crippen MR) is 105 cm³/mol. The van der Waals surface area contributed by atoms with Crippen LogP contribution in [-0.4, -0.2) is 29.9 Å². The summed E-state index contributed by atoms with van der Waals surface area (Å²) in [4.78, 5) is 19.2. The molecule has 0 saturated heterocycles. The number of methoxy groups -OCH3 is 1. The first kappa shape index (κ1) is 18.2. The van der Waals surface area contributed by atoms with Gasteiger partial charge in [0.25, 0.3) is 5.91 Å². The van der Waals surface area contributed by atoms with Gasteiger partial charge in [0.1, 0.15) is 5.75 Å². The molecule has 4 nitrogen and oxygen atoms in total. The molecule has 26 heavy (non-hydrogen) atoms. The van der Waals surface area contributed by atoms with Crippen molar-refractivity contribution in [2.75, 3.05) is 14.2 Å². The van der Waals surface area contributed by atoms with Crippen molar-refractivity contribution in [1.29, 1.82) is 0 Å². The third-order valence-electron chi connectivity index (χ3n) is 4.39. The zero-order valence-corrected chi connectivity index (χ0v) is 16.1. The molecule has 0 aliphatic rings. The summed E-state index contributed by atoms with van der Waals surface area (Å²) in [6.45, 7) is 4.28. The second-order valence-electron chi connectivity index (χ2n) is 6.43. The highest BCUT2D eigenvalue weighted by Gasteiger charge is 2.18. The molecule has 0 radical (unpaired) electrons. The Morgan fingerprint density at radius 2 is 1.92 bits per heavy atom. The molecule has 134 valence electrons. The maximum atomic E-state index is 13.0. The lowest BCUT2D eigenvalue weighted by Crippen LogP contribution is -2.27. The van der Waals surface area contributed by atoms with E-state index in [1.165, 1.54) is 0 Å². The van der Waals surface area contributed by atoms with Gasteiger partial charge in [0.05, 0.1) is 23.9 Å². The molecule has 0 fully saturated rings. The second-order valence-corrected chi connectivity index (χ2v) is 6.87. The number of carbonyl (C=O) groups excluding carboxylic acids is 1. The summed E-state index contributed by atoms with van der Waals surface area (Å²) in [7, 11) is 3.37. The predicted octanol–water partition coefficient (Wildman–Crippen LogP) is 4.79. The average Bonchev–Trinajstić information content (AvgIpc) is 2.61. The molecule has 3 aromatic rings. The monoisotopic (exact) mass is 368 g/mol. The van der Waals surface area contributed by atoms with E-state index < -0.39 is 0 Å². The number of nitrogens with zero attached hydrogens (tertiary/aromatic N) is 2. The molecule has 0 saturated carbocycles. The van der Waals surface area contributed by atoms with E-state index >= 15 is 0 Å². The number of aryl methyl sites for hydroxylation is 2. The summed E-state index contributed by atoms with van der Waals surface area (Å²) < 4.78 is 5.37. The molecule has 0 atom stereocenters. The van der Waals surface area contributed by atoms with Crippen molar-refractivity contribution in [3.05, 3.63) is 69.9 Å². The number of amides is 1. The molecule has 0 spiro atoms. The van der Waals surface area contributed by atoms with Crippen LogP contribution in [0.2, 0.25) is 5.02 Å². The van der Waals surface area contributed by atoms with Crippen molar-refractivity contribution in [1.82, 2.24) is 9.88 Å². The Bertz CT molecular complexity index is 985. The number of carbonyl (C=O) groups is 1. The largest absolute Gasteiger partial charge is 0.496 e. The normalized spacial score (nSPS) is 10.8. The molecule has 0 N–H and O–H groups in total. The Hall–Kier alpha value is -2.59. The van der Waals surface area contributed by atoms with Gasteiger partial charge in [0, 0.05) is 29.6 Å². The van der Waals surface area contributed by atoms with Crippen LogP contribution in [0.3, 0.4) is 0 Å². The lowest BCUT2D eigenvalue weighted by molar-refractivity contribution is 0.0783. The van der Waals surface area contributed by atoms with Gasteiger partial charge >= 0.3 is 0 Å². The minimum absolute atomic E-state index is 0.0829. The molecule has 0 unspecified atom stereocenters. The molecule has 0 aliphatic carbocycles. The Labute approximate surface area is 158 Å². The van der Waals surface area contributed by atoms with Crippen molar-refractivity contribution in [3.8, 4) is 5.75 Å². The SMILES string of the molecule is COc1ccc(Cl)cc1CN(C)C(=O)c1cc2cc(C)ccc2nc1C. The zero-order chi connectivity index (χ0) is 18.8. The Kier molecular flexibility index (Phi) is 5.14. The minimum Gasteiger partial charge on any atom is -0.496 e. The summed E-state index contributed by atoms with van der Waals surface area (Å²) >= 11 is 6.09. The average molecular weight is 369 g/mol. The summed E-state index contributed by atoms with van der Waals surface area (Å²) in [6, 6.07) is 13.4. The summed E-state index contributed by atoms with van der Waals surface area (Å²) in [5.74, 6) is 0.624. The van der Waals surface area contributed by atoms with Gasteiger partial charge in [-0.25, -0.2) is 0 Å². The van der Waals surface area contributed by atoms with Crippen molar-refractivity contribution in [3.63, 3.8) is 0 Å². The van der Waals surface area contributed by atoms with Crippen molar-refractivity contribution in [2.45, 2.75) is 20.4 Å². The van der Waals surface area contributed by atoms with E-state index in [1.54, 1.807) is 25.1 Å². The molecule has 0 aliphatic heterocycles. The lowest BCUT2D eigenvalue weighted by Gasteiger charge is -2.20. The molecular weight excluding hydrogens is 348 g/mol. The summed E-state index contributed by atoms with van der Waals surface area (Å²) in [5.41, 5.74) is 4.21. The van der Waals surface area contributed by atoms with E-state index in [-0.39, 0.29) is 5.91 Å². The number of hydrogen-bond acceptors (Lipinski definition) is 3. The van der Waals surface area contributed by atoms with Crippen molar-refractivity contribution < 1.29 is 9.53 Å². The van der Waals surface area contributed by atoms with Crippen molar-refractivity contribution >= 4 is 28.4 Å². The fraction of sp³-hybridized carbons (Fsp3) is 0.238. The highest BCUT2D eigenvalue weighted by atomic mass is 35.5. The third-order valence-corrected chi connectivity index (χ3v) is 4.62. The van der Waals surface area contributed by atoms with E-state index in [1.807, 2.05) is 50.2 Å². The second kappa shape index (κ2) is 7.34. The first-order valence-corrected chi connectivity index (χ1v) is 8.72. The van der Waals surface area contributed by atoms with Gasteiger partial charge in [-0.15, -0.1) is 0 Å². The first-order chi connectivity index (χ1) is 12.4. The molecule has 5 heteroatoms. The number of ether oxygens (including phenoxy) is 1. The molecule has 2 aromatic carbocycles. The van der Waals surface area contributed by atoms with Crippen LogP contribution in [0, 0.1) is 13.8 Å². The number of hydrogen-bond donors (Lipinski definition) is 0. The van der Waals surface area contributed by atoms with E-state index in [0.717, 1.165) is 27.7 Å². The Balaban J connectivity index is 1.92.